The van der Waals surface area contributed by atoms with Gasteiger partial charge in [0.15, 0.2) is 11.7 Å². The second-order valence-electron chi connectivity index (χ2n) is 6.75. The molecule has 2 aromatic carbocycles. The van der Waals surface area contributed by atoms with Crippen LogP contribution in [-0.4, -0.2) is 29.1 Å². The highest BCUT2D eigenvalue weighted by Gasteiger charge is 2.17. The number of oxazole rings is 1. The number of nitrogens with zero attached hydrogens (tertiary/aromatic N) is 1. The van der Waals surface area contributed by atoms with Crippen LogP contribution in [0.5, 0.6) is 0 Å². The fourth-order valence-corrected chi connectivity index (χ4v) is 3.04. The first-order chi connectivity index (χ1) is 14.0. The monoisotopic (exact) mass is 396 g/mol. The Bertz CT molecular complexity index is 1020. The van der Waals surface area contributed by atoms with Crippen LogP contribution < -0.4 is 11.1 Å². The number of amides is 1. The third-order valence-electron chi connectivity index (χ3n) is 4.57. The second kappa shape index (κ2) is 9.73. The summed E-state index contributed by atoms with van der Waals surface area (Å²) in [6, 6.07) is 16.9. The molecule has 7 heteroatoms. The Kier molecular flexibility index (Phi) is 6.84. The molecule has 29 heavy (non-hydrogen) atoms. The van der Waals surface area contributed by atoms with Crippen LogP contribution in [0.15, 0.2) is 63.8 Å². The normalized spacial score (nSPS) is 11.9. The maximum atomic E-state index is 12.1. The number of hydrogen-bond donors (Lipinski definition) is 1. The van der Waals surface area contributed by atoms with Crippen molar-refractivity contribution in [3.05, 3.63) is 70.7 Å². The van der Waals surface area contributed by atoms with Crippen molar-refractivity contribution in [3.8, 4) is 0 Å². The maximum Gasteiger partial charge on any atom is 0.419 e. The zero-order chi connectivity index (χ0) is 20.6. The molecule has 1 aromatic heterocycles. The van der Waals surface area contributed by atoms with Crippen LogP contribution in [0, 0.1) is 0 Å². The summed E-state index contributed by atoms with van der Waals surface area (Å²) in [5.41, 5.74) is 2.33. The van der Waals surface area contributed by atoms with Crippen molar-refractivity contribution in [2.45, 2.75) is 38.8 Å². The molecule has 1 heterocycles. The highest BCUT2D eigenvalue weighted by molar-refractivity contribution is 5.83. The number of esters is 1. The molecule has 0 aliphatic rings. The van der Waals surface area contributed by atoms with E-state index in [1.807, 2.05) is 36.4 Å². The van der Waals surface area contributed by atoms with E-state index in [1.54, 1.807) is 25.1 Å². The third kappa shape index (κ3) is 5.57. The molecule has 0 saturated heterocycles. The number of nitrogens with one attached hydrogen (secondary N) is 1. The SMILES string of the molecule is CC(OC(=O)CCCn1c(=O)oc2ccccc21)C(=O)NCCc1ccccc1. The summed E-state index contributed by atoms with van der Waals surface area (Å²) >= 11 is 0. The standard InChI is InChI=1S/C22H24N2O5/c1-16(21(26)23-14-13-17-8-3-2-4-9-17)28-20(25)12-7-15-24-18-10-5-6-11-19(18)29-22(24)27/h2-6,8-11,16H,7,12-15H2,1H3,(H,23,26). The molecule has 7 nitrogen and oxygen atoms in total. The molecule has 0 aliphatic carbocycles. The summed E-state index contributed by atoms with van der Waals surface area (Å²) in [5.74, 6) is -1.26. The predicted octanol–water partition coefficient (Wildman–Crippen LogP) is 2.67. The van der Waals surface area contributed by atoms with Crippen LogP contribution in [0.4, 0.5) is 0 Å². The quantitative estimate of drug-likeness (QED) is 0.562. The molecule has 1 atom stereocenters. The number of para-hydroxylation sites is 2. The Morgan fingerprint density at radius 3 is 2.62 bits per heavy atom. The van der Waals surface area contributed by atoms with Crippen molar-refractivity contribution in [1.29, 1.82) is 0 Å². The van der Waals surface area contributed by atoms with Crippen LogP contribution >= 0.6 is 0 Å². The summed E-state index contributed by atoms with van der Waals surface area (Å²) in [6.45, 7) is 2.35. The van der Waals surface area contributed by atoms with E-state index >= 15 is 0 Å². The lowest BCUT2D eigenvalue weighted by Gasteiger charge is -2.13. The number of rotatable bonds is 9. The minimum absolute atomic E-state index is 0.105. The lowest BCUT2D eigenvalue weighted by Crippen LogP contribution is -2.36. The van der Waals surface area contributed by atoms with Gasteiger partial charge < -0.3 is 14.5 Å². The minimum atomic E-state index is -0.865. The number of carbonyl (C=O) groups is 2. The van der Waals surface area contributed by atoms with Gasteiger partial charge in [0.25, 0.3) is 5.91 Å². The molecular formula is C22H24N2O5. The molecule has 0 aliphatic heterocycles. The molecule has 0 fully saturated rings. The van der Waals surface area contributed by atoms with Crippen molar-refractivity contribution < 1.29 is 18.7 Å². The van der Waals surface area contributed by atoms with Gasteiger partial charge in [-0.25, -0.2) is 4.79 Å². The van der Waals surface area contributed by atoms with Crippen LogP contribution in [0.3, 0.4) is 0 Å². The van der Waals surface area contributed by atoms with Gasteiger partial charge in [0, 0.05) is 19.5 Å². The fourth-order valence-electron chi connectivity index (χ4n) is 3.04. The van der Waals surface area contributed by atoms with E-state index in [4.69, 9.17) is 9.15 Å². The van der Waals surface area contributed by atoms with Crippen molar-refractivity contribution in [2.24, 2.45) is 0 Å². The number of aryl methyl sites for hydroxylation is 1. The predicted molar refractivity (Wildman–Crippen MR) is 108 cm³/mol. The van der Waals surface area contributed by atoms with Gasteiger partial charge in [-0.05, 0) is 37.5 Å². The first-order valence-electron chi connectivity index (χ1n) is 9.64. The molecule has 152 valence electrons. The first kappa shape index (κ1) is 20.4. The molecule has 0 saturated carbocycles. The van der Waals surface area contributed by atoms with E-state index in [9.17, 15) is 14.4 Å². The minimum Gasteiger partial charge on any atom is -0.453 e. The summed E-state index contributed by atoms with van der Waals surface area (Å²) < 4.78 is 11.8. The highest BCUT2D eigenvalue weighted by Crippen LogP contribution is 2.12. The molecule has 0 bridgehead atoms. The molecule has 1 N–H and O–H groups in total. The number of aromatic nitrogens is 1. The van der Waals surface area contributed by atoms with Gasteiger partial charge >= 0.3 is 11.7 Å². The highest BCUT2D eigenvalue weighted by atomic mass is 16.5. The summed E-state index contributed by atoms with van der Waals surface area (Å²) in [6.07, 6.45) is 0.356. The molecular weight excluding hydrogens is 372 g/mol. The molecule has 3 aromatic rings. The van der Waals surface area contributed by atoms with Gasteiger partial charge in [0.05, 0.1) is 5.52 Å². The maximum absolute atomic E-state index is 12.1. The van der Waals surface area contributed by atoms with Crippen molar-refractivity contribution in [1.82, 2.24) is 9.88 Å². The second-order valence-corrected chi connectivity index (χ2v) is 6.75. The molecule has 3 rings (SSSR count). The topological polar surface area (TPSA) is 90.5 Å². The zero-order valence-corrected chi connectivity index (χ0v) is 16.3. The van der Waals surface area contributed by atoms with Crippen molar-refractivity contribution in [3.63, 3.8) is 0 Å². The number of fused-ring (bicyclic) bond motifs is 1. The Morgan fingerprint density at radius 2 is 1.83 bits per heavy atom. The Hall–Kier alpha value is -3.35. The van der Waals surface area contributed by atoms with Crippen LogP contribution in [0.1, 0.15) is 25.3 Å². The molecule has 1 unspecified atom stereocenters. The van der Waals surface area contributed by atoms with Gasteiger partial charge in [-0.3, -0.25) is 14.2 Å². The zero-order valence-electron chi connectivity index (χ0n) is 16.3. The first-order valence-corrected chi connectivity index (χ1v) is 9.64. The van der Waals surface area contributed by atoms with E-state index in [0.29, 0.717) is 37.0 Å². The average Bonchev–Trinajstić information content (AvgIpc) is 3.04. The lowest BCUT2D eigenvalue weighted by atomic mass is 10.1. The molecule has 0 spiro atoms. The van der Waals surface area contributed by atoms with Crippen molar-refractivity contribution in [2.75, 3.05) is 6.54 Å². The Morgan fingerprint density at radius 1 is 1.10 bits per heavy atom. The Balaban J connectivity index is 1.40. The fraction of sp³-hybridized carbons (Fsp3) is 0.318. The van der Waals surface area contributed by atoms with Gasteiger partial charge in [0.2, 0.25) is 0 Å². The number of carbonyl (C=O) groups excluding carboxylic acids is 2. The van der Waals surface area contributed by atoms with E-state index in [1.165, 1.54) is 4.57 Å². The van der Waals surface area contributed by atoms with Crippen LogP contribution in [0.2, 0.25) is 0 Å². The van der Waals surface area contributed by atoms with Gasteiger partial charge in [-0.2, -0.15) is 0 Å². The number of benzene rings is 2. The summed E-state index contributed by atoms with van der Waals surface area (Å²) in [4.78, 5) is 36.0. The molecule has 1 amide bonds. The van der Waals surface area contributed by atoms with Gasteiger partial charge in [-0.15, -0.1) is 0 Å². The average molecular weight is 396 g/mol. The van der Waals surface area contributed by atoms with Gasteiger partial charge in [0.1, 0.15) is 0 Å². The van der Waals surface area contributed by atoms with E-state index in [-0.39, 0.29) is 12.3 Å². The van der Waals surface area contributed by atoms with Crippen molar-refractivity contribution >= 4 is 23.0 Å². The van der Waals surface area contributed by atoms with E-state index in [2.05, 4.69) is 5.32 Å². The largest absolute Gasteiger partial charge is 0.453 e. The van der Waals surface area contributed by atoms with Crippen LogP contribution in [0.25, 0.3) is 11.1 Å². The smallest absolute Gasteiger partial charge is 0.419 e. The van der Waals surface area contributed by atoms with E-state index in [0.717, 1.165) is 5.56 Å². The van der Waals surface area contributed by atoms with Gasteiger partial charge in [-0.1, -0.05) is 42.5 Å². The summed E-state index contributed by atoms with van der Waals surface area (Å²) in [7, 11) is 0. The lowest BCUT2D eigenvalue weighted by molar-refractivity contribution is -0.154. The molecule has 0 radical (unpaired) electrons. The third-order valence-corrected chi connectivity index (χ3v) is 4.57. The number of ether oxygens (including phenoxy) is 1. The number of hydrogen-bond acceptors (Lipinski definition) is 5. The van der Waals surface area contributed by atoms with Crippen LogP contribution in [-0.2, 0) is 27.3 Å². The summed E-state index contributed by atoms with van der Waals surface area (Å²) in [5, 5.41) is 2.77. The Labute approximate surface area is 168 Å². The van der Waals surface area contributed by atoms with E-state index < -0.39 is 17.8 Å².